The molecule has 0 saturated carbocycles. The molecule has 19 heavy (non-hydrogen) atoms. The highest BCUT2D eigenvalue weighted by atomic mass is 19.1. The van der Waals surface area contributed by atoms with Gasteiger partial charge in [-0.25, -0.2) is 4.39 Å². The van der Waals surface area contributed by atoms with Crippen molar-refractivity contribution >= 4 is 5.91 Å². The summed E-state index contributed by atoms with van der Waals surface area (Å²) in [5.41, 5.74) is 0.621. The molecule has 0 radical (unpaired) electrons. The number of hydrogen-bond acceptors (Lipinski definition) is 3. The van der Waals surface area contributed by atoms with Gasteiger partial charge in [0.15, 0.2) is 0 Å². The van der Waals surface area contributed by atoms with Gasteiger partial charge >= 0.3 is 0 Å². The average molecular weight is 266 g/mol. The van der Waals surface area contributed by atoms with Crippen molar-refractivity contribution in [2.45, 2.75) is 12.5 Å². The summed E-state index contributed by atoms with van der Waals surface area (Å²) in [6.45, 7) is 1.44. The van der Waals surface area contributed by atoms with Gasteiger partial charge in [0.2, 0.25) is 5.91 Å². The van der Waals surface area contributed by atoms with E-state index >= 15 is 0 Å². The Morgan fingerprint density at radius 3 is 2.95 bits per heavy atom. The van der Waals surface area contributed by atoms with Gasteiger partial charge in [-0.15, -0.1) is 0 Å². The molecule has 1 aromatic rings. The third kappa shape index (κ3) is 3.52. The van der Waals surface area contributed by atoms with E-state index in [1.807, 2.05) is 7.05 Å². The van der Waals surface area contributed by atoms with Gasteiger partial charge < -0.3 is 15.4 Å². The van der Waals surface area contributed by atoms with Crippen molar-refractivity contribution < 1.29 is 13.9 Å². The zero-order valence-corrected chi connectivity index (χ0v) is 11.0. The van der Waals surface area contributed by atoms with Crippen LogP contribution in [0.4, 0.5) is 4.39 Å². The van der Waals surface area contributed by atoms with E-state index in [9.17, 15) is 9.18 Å². The Labute approximate surface area is 112 Å². The number of hydrogen-bond donors (Lipinski definition) is 2. The highest BCUT2D eigenvalue weighted by Crippen LogP contribution is 2.13. The molecule has 1 aliphatic heterocycles. The molecular weight excluding hydrogens is 247 g/mol. The van der Waals surface area contributed by atoms with Gasteiger partial charge in [-0.05, 0) is 25.1 Å². The molecule has 2 rings (SSSR count). The number of benzene rings is 1. The molecule has 5 heteroatoms. The van der Waals surface area contributed by atoms with Crippen LogP contribution in [0.1, 0.15) is 5.56 Å². The first-order valence-corrected chi connectivity index (χ1v) is 6.48. The topological polar surface area (TPSA) is 50.4 Å². The molecule has 2 N–H and O–H groups in total. The van der Waals surface area contributed by atoms with Gasteiger partial charge in [-0.2, -0.15) is 0 Å². The molecule has 1 fully saturated rings. The van der Waals surface area contributed by atoms with Crippen molar-refractivity contribution in [2.24, 2.45) is 5.92 Å². The summed E-state index contributed by atoms with van der Waals surface area (Å²) in [5, 5.41) is 5.91. The molecule has 1 saturated heterocycles. The maximum Gasteiger partial charge on any atom is 0.227 e. The van der Waals surface area contributed by atoms with Crippen LogP contribution in [0.2, 0.25) is 0 Å². The molecule has 0 aliphatic carbocycles. The minimum atomic E-state index is -0.228. The van der Waals surface area contributed by atoms with Crippen LogP contribution in [0, 0.1) is 11.7 Å². The van der Waals surface area contributed by atoms with Crippen molar-refractivity contribution in [1.82, 2.24) is 10.6 Å². The Bertz CT molecular complexity index is 439. The van der Waals surface area contributed by atoms with Crippen LogP contribution >= 0.6 is 0 Å². The molecule has 1 heterocycles. The molecular formula is C14H19FN2O2. The van der Waals surface area contributed by atoms with E-state index in [0.29, 0.717) is 31.7 Å². The first kappa shape index (κ1) is 14.0. The molecule has 1 aromatic carbocycles. The van der Waals surface area contributed by atoms with Crippen molar-refractivity contribution in [3.8, 4) is 0 Å². The van der Waals surface area contributed by atoms with Crippen LogP contribution in [0.15, 0.2) is 24.3 Å². The van der Waals surface area contributed by atoms with Crippen LogP contribution in [0.5, 0.6) is 0 Å². The zero-order valence-electron chi connectivity index (χ0n) is 11.0. The number of amides is 1. The van der Waals surface area contributed by atoms with Crippen LogP contribution in [-0.4, -0.2) is 38.8 Å². The summed E-state index contributed by atoms with van der Waals surface area (Å²) in [5.74, 6) is -0.423. The van der Waals surface area contributed by atoms with Crippen LogP contribution in [-0.2, 0) is 16.0 Å². The minimum absolute atomic E-state index is 0.0341. The maximum absolute atomic E-state index is 13.4. The Hall–Kier alpha value is -1.46. The number of nitrogens with one attached hydrogen (secondary N) is 2. The molecule has 1 aliphatic rings. The highest BCUT2D eigenvalue weighted by Gasteiger charge is 2.32. The molecule has 2 atom stereocenters. The Kier molecular flexibility index (Phi) is 4.87. The SMILES string of the molecule is CNC1COCC1C(=O)NCCc1ccccc1F. The molecule has 4 nitrogen and oxygen atoms in total. The third-order valence-electron chi connectivity index (χ3n) is 3.44. The first-order chi connectivity index (χ1) is 9.22. The van der Waals surface area contributed by atoms with E-state index in [0.717, 1.165) is 0 Å². The molecule has 2 unspecified atom stereocenters. The molecule has 0 aromatic heterocycles. The van der Waals surface area contributed by atoms with Crippen LogP contribution in [0.25, 0.3) is 0 Å². The summed E-state index contributed by atoms with van der Waals surface area (Å²) in [7, 11) is 1.82. The van der Waals surface area contributed by atoms with Crippen molar-refractivity contribution in [2.75, 3.05) is 26.8 Å². The second-order valence-corrected chi connectivity index (χ2v) is 4.67. The van der Waals surface area contributed by atoms with E-state index in [1.54, 1.807) is 18.2 Å². The van der Waals surface area contributed by atoms with E-state index in [2.05, 4.69) is 10.6 Å². The quantitative estimate of drug-likeness (QED) is 0.825. The van der Waals surface area contributed by atoms with Gasteiger partial charge in [-0.3, -0.25) is 4.79 Å². The van der Waals surface area contributed by atoms with Crippen LogP contribution < -0.4 is 10.6 Å². The van der Waals surface area contributed by atoms with E-state index < -0.39 is 0 Å². The van der Waals surface area contributed by atoms with Crippen molar-refractivity contribution in [1.29, 1.82) is 0 Å². The number of halogens is 1. The third-order valence-corrected chi connectivity index (χ3v) is 3.44. The number of likely N-dealkylation sites (N-methyl/N-ethyl adjacent to an activating group) is 1. The second kappa shape index (κ2) is 6.63. The average Bonchev–Trinajstić information content (AvgIpc) is 2.89. The monoisotopic (exact) mass is 266 g/mol. The molecule has 0 spiro atoms. The van der Waals surface area contributed by atoms with Crippen molar-refractivity contribution in [3.05, 3.63) is 35.6 Å². The molecule has 104 valence electrons. The number of carbonyl (C=O) groups is 1. The maximum atomic E-state index is 13.4. The predicted octanol–water partition coefficient (Wildman–Crippen LogP) is 0.719. The molecule has 1 amide bonds. The predicted molar refractivity (Wildman–Crippen MR) is 70.3 cm³/mol. The lowest BCUT2D eigenvalue weighted by Gasteiger charge is -2.16. The summed E-state index contributed by atoms with van der Waals surface area (Å²) in [6, 6.07) is 6.68. The van der Waals surface area contributed by atoms with E-state index in [1.165, 1.54) is 6.07 Å². The van der Waals surface area contributed by atoms with Crippen LogP contribution in [0.3, 0.4) is 0 Å². The van der Waals surface area contributed by atoms with E-state index in [-0.39, 0.29) is 23.7 Å². The minimum Gasteiger partial charge on any atom is -0.379 e. The number of carbonyl (C=O) groups excluding carboxylic acids is 1. The summed E-state index contributed by atoms with van der Waals surface area (Å²) >= 11 is 0. The fourth-order valence-electron chi connectivity index (χ4n) is 2.25. The fourth-order valence-corrected chi connectivity index (χ4v) is 2.25. The van der Waals surface area contributed by atoms with Gasteiger partial charge in [0.25, 0.3) is 0 Å². The first-order valence-electron chi connectivity index (χ1n) is 6.48. The number of rotatable bonds is 5. The zero-order chi connectivity index (χ0) is 13.7. The Morgan fingerprint density at radius 1 is 1.42 bits per heavy atom. The number of ether oxygens (including phenoxy) is 1. The second-order valence-electron chi connectivity index (χ2n) is 4.67. The van der Waals surface area contributed by atoms with Crippen molar-refractivity contribution in [3.63, 3.8) is 0 Å². The lowest BCUT2D eigenvalue weighted by atomic mass is 10.0. The smallest absolute Gasteiger partial charge is 0.227 e. The molecule has 0 bridgehead atoms. The van der Waals surface area contributed by atoms with E-state index in [4.69, 9.17) is 4.74 Å². The Balaban J connectivity index is 1.80. The van der Waals surface area contributed by atoms with Gasteiger partial charge in [0.1, 0.15) is 5.82 Å². The standard InChI is InChI=1S/C14H19FN2O2/c1-16-13-9-19-8-11(13)14(18)17-7-6-10-4-2-3-5-12(10)15/h2-5,11,13,16H,6-9H2,1H3,(H,17,18). The summed E-state index contributed by atoms with van der Waals surface area (Å²) in [4.78, 5) is 12.0. The fraction of sp³-hybridized carbons (Fsp3) is 0.500. The summed E-state index contributed by atoms with van der Waals surface area (Å²) in [6.07, 6.45) is 0.496. The summed E-state index contributed by atoms with van der Waals surface area (Å²) < 4.78 is 18.7. The Morgan fingerprint density at radius 2 is 2.21 bits per heavy atom. The van der Waals surface area contributed by atoms with Gasteiger partial charge in [0, 0.05) is 12.6 Å². The van der Waals surface area contributed by atoms with Gasteiger partial charge in [0.05, 0.1) is 19.1 Å². The largest absolute Gasteiger partial charge is 0.379 e. The van der Waals surface area contributed by atoms with Gasteiger partial charge in [-0.1, -0.05) is 18.2 Å². The normalized spacial score (nSPS) is 22.4. The lowest BCUT2D eigenvalue weighted by Crippen LogP contribution is -2.43. The highest BCUT2D eigenvalue weighted by molar-refractivity contribution is 5.79. The lowest BCUT2D eigenvalue weighted by molar-refractivity contribution is -0.125.